The van der Waals surface area contributed by atoms with Crippen LogP contribution in [0.25, 0.3) is 0 Å². The standard InChI is InChI=1S/C15H26N2O4/c1-11(9-12-4-7-21-8-5-12)16-15(20)17-6-2-3-13(10-17)14(18)19/h11-13H,2-10H2,1H3,(H,16,20)(H,18,19). The lowest BCUT2D eigenvalue weighted by molar-refractivity contribution is -0.143. The lowest BCUT2D eigenvalue weighted by Crippen LogP contribution is -2.49. The lowest BCUT2D eigenvalue weighted by Gasteiger charge is -2.32. The Hall–Kier alpha value is -1.30. The molecule has 2 rings (SSSR count). The van der Waals surface area contributed by atoms with Crippen LogP contribution in [0.15, 0.2) is 0 Å². The van der Waals surface area contributed by atoms with Crippen LogP contribution in [0.5, 0.6) is 0 Å². The fourth-order valence-electron chi connectivity index (χ4n) is 3.21. The zero-order valence-corrected chi connectivity index (χ0v) is 12.7. The second-order valence-corrected chi connectivity index (χ2v) is 6.27. The van der Waals surface area contributed by atoms with Crippen molar-refractivity contribution in [1.82, 2.24) is 10.2 Å². The van der Waals surface area contributed by atoms with Crippen LogP contribution in [0.2, 0.25) is 0 Å². The number of hydrogen-bond donors (Lipinski definition) is 2. The topological polar surface area (TPSA) is 78.9 Å². The first-order valence-corrected chi connectivity index (χ1v) is 7.92. The number of piperidine rings is 1. The molecule has 0 aromatic carbocycles. The highest BCUT2D eigenvalue weighted by Crippen LogP contribution is 2.21. The Morgan fingerprint density at radius 2 is 2.05 bits per heavy atom. The van der Waals surface area contributed by atoms with E-state index in [0.717, 1.165) is 38.9 Å². The molecule has 2 aliphatic rings. The molecule has 2 saturated heterocycles. The number of rotatable bonds is 4. The van der Waals surface area contributed by atoms with Gasteiger partial charge in [0.25, 0.3) is 0 Å². The molecule has 0 aromatic rings. The highest BCUT2D eigenvalue weighted by Gasteiger charge is 2.28. The Kier molecular flexibility index (Phi) is 5.85. The Labute approximate surface area is 125 Å². The number of nitrogens with one attached hydrogen (secondary N) is 1. The third kappa shape index (κ3) is 4.88. The van der Waals surface area contributed by atoms with E-state index in [1.165, 1.54) is 0 Å². The SMILES string of the molecule is CC(CC1CCOCC1)NC(=O)N1CCCC(C(=O)O)C1. The predicted molar refractivity (Wildman–Crippen MR) is 78.1 cm³/mol. The third-order valence-electron chi connectivity index (χ3n) is 4.46. The van der Waals surface area contributed by atoms with E-state index in [1.807, 2.05) is 6.92 Å². The predicted octanol–water partition coefficient (Wildman–Crippen LogP) is 1.70. The van der Waals surface area contributed by atoms with E-state index in [0.29, 0.717) is 25.4 Å². The van der Waals surface area contributed by atoms with Crippen molar-refractivity contribution in [3.63, 3.8) is 0 Å². The fourth-order valence-corrected chi connectivity index (χ4v) is 3.21. The summed E-state index contributed by atoms with van der Waals surface area (Å²) in [7, 11) is 0. The van der Waals surface area contributed by atoms with Gasteiger partial charge in [0.2, 0.25) is 0 Å². The first-order valence-electron chi connectivity index (χ1n) is 7.92. The van der Waals surface area contributed by atoms with Crippen LogP contribution in [0, 0.1) is 11.8 Å². The van der Waals surface area contributed by atoms with E-state index in [1.54, 1.807) is 4.90 Å². The van der Waals surface area contributed by atoms with Crippen LogP contribution in [0.3, 0.4) is 0 Å². The minimum absolute atomic E-state index is 0.116. The minimum atomic E-state index is -0.803. The van der Waals surface area contributed by atoms with Crippen molar-refractivity contribution in [3.8, 4) is 0 Å². The van der Waals surface area contributed by atoms with Gasteiger partial charge in [-0.1, -0.05) is 0 Å². The third-order valence-corrected chi connectivity index (χ3v) is 4.46. The van der Waals surface area contributed by atoms with E-state index in [9.17, 15) is 9.59 Å². The number of aliphatic carboxylic acids is 1. The van der Waals surface area contributed by atoms with Crippen molar-refractivity contribution >= 4 is 12.0 Å². The Morgan fingerprint density at radius 3 is 2.71 bits per heavy atom. The van der Waals surface area contributed by atoms with Crippen molar-refractivity contribution in [2.45, 2.75) is 45.1 Å². The number of ether oxygens (including phenoxy) is 1. The summed E-state index contributed by atoms with van der Waals surface area (Å²) in [5.41, 5.74) is 0. The summed E-state index contributed by atoms with van der Waals surface area (Å²) >= 11 is 0. The molecule has 0 spiro atoms. The summed E-state index contributed by atoms with van der Waals surface area (Å²) in [5, 5.41) is 12.1. The number of carboxylic acids is 1. The van der Waals surface area contributed by atoms with Crippen LogP contribution in [0.4, 0.5) is 4.79 Å². The van der Waals surface area contributed by atoms with E-state index >= 15 is 0 Å². The highest BCUT2D eigenvalue weighted by atomic mass is 16.5. The molecule has 6 heteroatoms. The molecule has 120 valence electrons. The monoisotopic (exact) mass is 298 g/mol. The van der Waals surface area contributed by atoms with Crippen molar-refractivity contribution in [1.29, 1.82) is 0 Å². The first-order chi connectivity index (χ1) is 10.1. The normalized spacial score (nSPS) is 25.4. The first kappa shape index (κ1) is 16.1. The van der Waals surface area contributed by atoms with Gasteiger partial charge < -0.3 is 20.1 Å². The Morgan fingerprint density at radius 1 is 1.33 bits per heavy atom. The summed E-state index contributed by atoms with van der Waals surface area (Å²) in [6, 6.07) is -0.00804. The number of amides is 2. The molecular formula is C15H26N2O4. The number of likely N-dealkylation sites (tertiary alicyclic amines) is 1. The molecule has 0 aromatic heterocycles. The summed E-state index contributed by atoms with van der Waals surface area (Å²) < 4.78 is 5.34. The van der Waals surface area contributed by atoms with E-state index in [-0.39, 0.29) is 12.1 Å². The van der Waals surface area contributed by atoms with Gasteiger partial charge in [0.1, 0.15) is 0 Å². The van der Waals surface area contributed by atoms with Crippen molar-refractivity contribution in [2.24, 2.45) is 11.8 Å². The van der Waals surface area contributed by atoms with E-state index in [2.05, 4.69) is 5.32 Å². The number of nitrogens with zero attached hydrogens (tertiary/aromatic N) is 1. The molecule has 2 amide bonds. The Balaban J connectivity index is 1.75. The van der Waals surface area contributed by atoms with Crippen LogP contribution in [-0.4, -0.2) is 54.4 Å². The zero-order valence-electron chi connectivity index (χ0n) is 12.7. The van der Waals surface area contributed by atoms with Gasteiger partial charge in [-0.15, -0.1) is 0 Å². The van der Waals surface area contributed by atoms with Gasteiger partial charge >= 0.3 is 12.0 Å². The molecule has 2 unspecified atom stereocenters. The van der Waals surface area contributed by atoms with Crippen LogP contribution in [-0.2, 0) is 9.53 Å². The van der Waals surface area contributed by atoms with Gasteiger partial charge in [-0.2, -0.15) is 0 Å². The smallest absolute Gasteiger partial charge is 0.317 e. The molecule has 2 aliphatic heterocycles. The molecule has 0 bridgehead atoms. The molecule has 2 heterocycles. The second kappa shape index (κ2) is 7.64. The molecule has 6 nitrogen and oxygen atoms in total. The van der Waals surface area contributed by atoms with Gasteiger partial charge in [-0.3, -0.25) is 4.79 Å². The fraction of sp³-hybridized carbons (Fsp3) is 0.867. The lowest BCUT2D eigenvalue weighted by atomic mass is 9.93. The minimum Gasteiger partial charge on any atom is -0.481 e. The van der Waals surface area contributed by atoms with Crippen LogP contribution < -0.4 is 5.32 Å². The molecule has 2 atom stereocenters. The van der Waals surface area contributed by atoms with Crippen LogP contribution in [0.1, 0.15) is 39.0 Å². The highest BCUT2D eigenvalue weighted by molar-refractivity contribution is 5.76. The van der Waals surface area contributed by atoms with Gasteiger partial charge in [0.15, 0.2) is 0 Å². The van der Waals surface area contributed by atoms with Gasteiger partial charge in [0, 0.05) is 32.3 Å². The van der Waals surface area contributed by atoms with E-state index in [4.69, 9.17) is 9.84 Å². The molecular weight excluding hydrogens is 272 g/mol. The number of hydrogen-bond acceptors (Lipinski definition) is 3. The molecule has 21 heavy (non-hydrogen) atoms. The molecule has 0 aliphatic carbocycles. The average Bonchev–Trinajstić information content (AvgIpc) is 2.48. The molecule has 0 saturated carbocycles. The molecule has 0 radical (unpaired) electrons. The van der Waals surface area contributed by atoms with Gasteiger partial charge in [0.05, 0.1) is 5.92 Å². The number of carbonyl (C=O) groups excluding carboxylic acids is 1. The number of urea groups is 1. The quantitative estimate of drug-likeness (QED) is 0.828. The van der Waals surface area contributed by atoms with Crippen molar-refractivity contribution in [3.05, 3.63) is 0 Å². The maximum Gasteiger partial charge on any atom is 0.317 e. The zero-order chi connectivity index (χ0) is 15.2. The summed E-state index contributed by atoms with van der Waals surface area (Å²) in [6.07, 6.45) is 4.51. The average molecular weight is 298 g/mol. The largest absolute Gasteiger partial charge is 0.481 e. The van der Waals surface area contributed by atoms with Gasteiger partial charge in [-0.25, -0.2) is 4.79 Å². The van der Waals surface area contributed by atoms with Crippen molar-refractivity contribution < 1.29 is 19.4 Å². The number of carboxylic acid groups (broad SMARTS) is 1. The molecule has 2 fully saturated rings. The summed E-state index contributed by atoms with van der Waals surface area (Å²) in [6.45, 7) is 4.63. The van der Waals surface area contributed by atoms with Gasteiger partial charge in [-0.05, 0) is 44.9 Å². The number of carbonyl (C=O) groups is 2. The Bertz CT molecular complexity index is 369. The second-order valence-electron chi connectivity index (χ2n) is 6.27. The summed E-state index contributed by atoms with van der Waals surface area (Å²) in [4.78, 5) is 24.9. The maximum absolute atomic E-state index is 12.2. The van der Waals surface area contributed by atoms with Crippen LogP contribution >= 0.6 is 0 Å². The van der Waals surface area contributed by atoms with Crippen molar-refractivity contribution in [2.75, 3.05) is 26.3 Å². The summed E-state index contributed by atoms with van der Waals surface area (Å²) in [5.74, 6) is -0.611. The molecule has 2 N–H and O–H groups in total. The maximum atomic E-state index is 12.2. The van der Waals surface area contributed by atoms with E-state index < -0.39 is 11.9 Å².